The van der Waals surface area contributed by atoms with Crippen LogP contribution in [0.3, 0.4) is 0 Å². The van der Waals surface area contributed by atoms with Crippen LogP contribution < -0.4 is 5.32 Å². The molecule has 0 aliphatic carbocycles. The molecule has 16 heavy (non-hydrogen) atoms. The molecule has 0 radical (unpaired) electrons. The molecule has 1 fully saturated rings. The molecule has 2 aromatic rings. The largest absolute Gasteiger partial charge is 0.439 e. The molecule has 1 N–H and O–H groups in total. The Balaban J connectivity index is 2.08. The SMILES string of the molecule is Fc1cc2nc([C@@H]3CCCN3)oc2cc1F. The van der Waals surface area contributed by atoms with E-state index < -0.39 is 11.6 Å². The smallest absolute Gasteiger partial charge is 0.212 e. The van der Waals surface area contributed by atoms with Gasteiger partial charge in [0, 0.05) is 12.1 Å². The van der Waals surface area contributed by atoms with Gasteiger partial charge >= 0.3 is 0 Å². The highest BCUT2D eigenvalue weighted by molar-refractivity contribution is 5.72. The van der Waals surface area contributed by atoms with Gasteiger partial charge < -0.3 is 9.73 Å². The monoisotopic (exact) mass is 224 g/mol. The van der Waals surface area contributed by atoms with E-state index in [0.29, 0.717) is 17.0 Å². The van der Waals surface area contributed by atoms with Crippen LogP contribution in [0.25, 0.3) is 11.1 Å². The van der Waals surface area contributed by atoms with Gasteiger partial charge in [0.05, 0.1) is 6.04 Å². The van der Waals surface area contributed by atoms with E-state index in [0.717, 1.165) is 31.5 Å². The Labute approximate surface area is 90.5 Å². The van der Waals surface area contributed by atoms with Crippen molar-refractivity contribution in [2.75, 3.05) is 6.54 Å². The molecule has 1 aromatic heterocycles. The van der Waals surface area contributed by atoms with Gasteiger partial charge in [-0.3, -0.25) is 0 Å². The number of aromatic nitrogens is 1. The molecule has 1 saturated heterocycles. The predicted molar refractivity (Wildman–Crippen MR) is 53.9 cm³/mol. The standard InChI is InChI=1S/C11H10F2N2O/c12-6-4-9-10(5-7(6)13)16-11(15-9)8-2-1-3-14-8/h4-5,8,14H,1-3H2/t8-/m0/s1. The van der Waals surface area contributed by atoms with Crippen LogP contribution in [0.1, 0.15) is 24.8 Å². The maximum Gasteiger partial charge on any atom is 0.212 e. The van der Waals surface area contributed by atoms with Gasteiger partial charge in [0.1, 0.15) is 5.52 Å². The maximum atomic E-state index is 13.0. The number of halogens is 2. The molecule has 2 heterocycles. The highest BCUT2D eigenvalue weighted by Crippen LogP contribution is 2.27. The molecule has 84 valence electrons. The highest BCUT2D eigenvalue weighted by Gasteiger charge is 2.22. The van der Waals surface area contributed by atoms with Crippen molar-refractivity contribution in [2.45, 2.75) is 18.9 Å². The molecule has 3 rings (SSSR count). The van der Waals surface area contributed by atoms with Crippen molar-refractivity contribution in [3.63, 3.8) is 0 Å². The Morgan fingerprint density at radius 1 is 1.31 bits per heavy atom. The van der Waals surface area contributed by atoms with E-state index in [-0.39, 0.29) is 6.04 Å². The van der Waals surface area contributed by atoms with Crippen LogP contribution in [0.5, 0.6) is 0 Å². The molecule has 0 amide bonds. The van der Waals surface area contributed by atoms with Crippen molar-refractivity contribution >= 4 is 11.1 Å². The summed E-state index contributed by atoms with van der Waals surface area (Å²) in [6.07, 6.45) is 2.00. The third kappa shape index (κ3) is 1.48. The van der Waals surface area contributed by atoms with Gasteiger partial charge in [-0.15, -0.1) is 0 Å². The summed E-state index contributed by atoms with van der Waals surface area (Å²) in [5.74, 6) is -1.29. The molecule has 3 nitrogen and oxygen atoms in total. The molecule has 1 atom stereocenters. The van der Waals surface area contributed by atoms with Gasteiger partial charge in [-0.05, 0) is 19.4 Å². The molecule has 1 aliphatic heterocycles. The summed E-state index contributed by atoms with van der Waals surface area (Å²) in [5, 5.41) is 3.22. The van der Waals surface area contributed by atoms with Gasteiger partial charge in [0.15, 0.2) is 17.2 Å². The average molecular weight is 224 g/mol. The molecule has 0 bridgehead atoms. The van der Waals surface area contributed by atoms with E-state index in [1.807, 2.05) is 0 Å². The zero-order valence-corrected chi connectivity index (χ0v) is 8.46. The van der Waals surface area contributed by atoms with Crippen molar-refractivity contribution in [3.8, 4) is 0 Å². The van der Waals surface area contributed by atoms with E-state index in [9.17, 15) is 8.78 Å². The highest BCUT2D eigenvalue weighted by atomic mass is 19.2. The van der Waals surface area contributed by atoms with Crippen LogP contribution in [0.4, 0.5) is 8.78 Å². The van der Waals surface area contributed by atoms with Crippen LogP contribution in [-0.4, -0.2) is 11.5 Å². The summed E-state index contributed by atoms with van der Waals surface area (Å²) in [6.45, 7) is 0.923. The second-order valence-corrected chi connectivity index (χ2v) is 3.94. The fraction of sp³-hybridized carbons (Fsp3) is 0.364. The van der Waals surface area contributed by atoms with Crippen molar-refractivity contribution < 1.29 is 13.2 Å². The van der Waals surface area contributed by atoms with Crippen LogP contribution in [0, 0.1) is 11.6 Å². The lowest BCUT2D eigenvalue weighted by molar-refractivity contribution is 0.449. The van der Waals surface area contributed by atoms with Crippen molar-refractivity contribution in [1.82, 2.24) is 10.3 Å². The second kappa shape index (κ2) is 3.52. The number of rotatable bonds is 1. The maximum absolute atomic E-state index is 13.0. The quantitative estimate of drug-likeness (QED) is 0.808. The minimum Gasteiger partial charge on any atom is -0.439 e. The van der Waals surface area contributed by atoms with E-state index in [2.05, 4.69) is 10.3 Å². The lowest BCUT2D eigenvalue weighted by Gasteiger charge is -2.02. The number of nitrogens with zero attached hydrogens (tertiary/aromatic N) is 1. The molecule has 0 spiro atoms. The van der Waals surface area contributed by atoms with Gasteiger partial charge in [-0.2, -0.15) is 0 Å². The van der Waals surface area contributed by atoms with Crippen LogP contribution in [-0.2, 0) is 0 Å². The van der Waals surface area contributed by atoms with Crippen LogP contribution in [0.2, 0.25) is 0 Å². The Hall–Kier alpha value is -1.49. The summed E-state index contributed by atoms with van der Waals surface area (Å²) < 4.78 is 31.3. The van der Waals surface area contributed by atoms with E-state index in [4.69, 9.17) is 4.42 Å². The predicted octanol–water partition coefficient (Wildman–Crippen LogP) is 2.53. The molecule has 0 saturated carbocycles. The average Bonchev–Trinajstić information content (AvgIpc) is 2.86. The summed E-state index contributed by atoms with van der Waals surface area (Å²) in [4.78, 5) is 4.16. The number of hydrogen-bond acceptors (Lipinski definition) is 3. The normalized spacial score (nSPS) is 20.8. The van der Waals surface area contributed by atoms with Crippen LogP contribution in [0.15, 0.2) is 16.5 Å². The molecule has 0 unspecified atom stereocenters. The Morgan fingerprint density at radius 2 is 2.12 bits per heavy atom. The third-order valence-electron chi connectivity index (χ3n) is 2.81. The van der Waals surface area contributed by atoms with Gasteiger partial charge in [-0.25, -0.2) is 13.8 Å². The first-order valence-electron chi connectivity index (χ1n) is 5.23. The zero-order valence-electron chi connectivity index (χ0n) is 8.46. The van der Waals surface area contributed by atoms with Crippen molar-refractivity contribution in [2.24, 2.45) is 0 Å². The lowest BCUT2D eigenvalue weighted by atomic mass is 10.2. The third-order valence-corrected chi connectivity index (χ3v) is 2.81. The summed E-state index contributed by atoms with van der Waals surface area (Å²) >= 11 is 0. The number of fused-ring (bicyclic) bond motifs is 1. The summed E-state index contributed by atoms with van der Waals surface area (Å²) in [6, 6.07) is 2.17. The topological polar surface area (TPSA) is 38.1 Å². The minimum absolute atomic E-state index is 0.0681. The molecule has 1 aromatic carbocycles. The Morgan fingerprint density at radius 3 is 2.88 bits per heavy atom. The first kappa shape index (κ1) is 9.72. The minimum atomic E-state index is -0.908. The van der Waals surface area contributed by atoms with Gasteiger partial charge in [0.2, 0.25) is 5.89 Å². The molecule has 1 aliphatic rings. The molecular weight excluding hydrogens is 214 g/mol. The molecular formula is C11H10F2N2O. The second-order valence-electron chi connectivity index (χ2n) is 3.94. The van der Waals surface area contributed by atoms with Crippen molar-refractivity contribution in [3.05, 3.63) is 29.7 Å². The Bertz CT molecular complexity index is 493. The summed E-state index contributed by atoms with van der Waals surface area (Å²) in [7, 11) is 0. The number of oxazole rings is 1. The number of benzene rings is 1. The van der Waals surface area contributed by atoms with E-state index in [1.54, 1.807) is 0 Å². The first-order chi connectivity index (χ1) is 7.74. The Kier molecular flexibility index (Phi) is 2.14. The van der Waals surface area contributed by atoms with Gasteiger partial charge in [0.25, 0.3) is 0 Å². The molecule has 5 heteroatoms. The zero-order chi connectivity index (χ0) is 11.1. The van der Waals surface area contributed by atoms with E-state index in [1.165, 1.54) is 0 Å². The van der Waals surface area contributed by atoms with Crippen LogP contribution >= 0.6 is 0 Å². The van der Waals surface area contributed by atoms with Gasteiger partial charge in [-0.1, -0.05) is 0 Å². The fourth-order valence-electron chi connectivity index (χ4n) is 1.99. The number of hydrogen-bond donors (Lipinski definition) is 1. The first-order valence-corrected chi connectivity index (χ1v) is 5.23. The lowest BCUT2D eigenvalue weighted by Crippen LogP contribution is -2.12. The summed E-state index contributed by atoms with van der Waals surface area (Å²) in [5.41, 5.74) is 0.658. The van der Waals surface area contributed by atoms with E-state index >= 15 is 0 Å². The van der Waals surface area contributed by atoms with Crippen molar-refractivity contribution in [1.29, 1.82) is 0 Å². The number of nitrogens with one attached hydrogen (secondary N) is 1. The fourth-order valence-corrected chi connectivity index (χ4v) is 1.99.